The number of nitrogens with two attached hydrogens (primary N) is 2. The number of aliphatic hydroxyl groups is 1. The van der Waals surface area contributed by atoms with Crippen molar-refractivity contribution in [3.63, 3.8) is 0 Å². The molecule has 1 atom stereocenters. The summed E-state index contributed by atoms with van der Waals surface area (Å²) in [5.74, 6) is -0.929. The van der Waals surface area contributed by atoms with Crippen LogP contribution in [0.5, 0.6) is 0 Å². The molecular formula is C18H42Cl3N7O3. The van der Waals surface area contributed by atoms with Crippen molar-refractivity contribution in [1.82, 2.24) is 21.3 Å². The molecule has 2 amide bonds. The van der Waals surface area contributed by atoms with E-state index in [0.29, 0.717) is 26.1 Å². The number of halogens is 3. The highest BCUT2D eigenvalue weighted by Gasteiger charge is 2.16. The molecule has 0 saturated heterocycles. The minimum Gasteiger partial charge on any atom is -0.370 e. The van der Waals surface area contributed by atoms with Crippen molar-refractivity contribution in [3.05, 3.63) is 0 Å². The number of nitrogens with one attached hydrogen (secondary N) is 5. The van der Waals surface area contributed by atoms with Gasteiger partial charge in [-0.3, -0.25) is 15.0 Å². The Morgan fingerprint density at radius 1 is 0.806 bits per heavy atom. The summed E-state index contributed by atoms with van der Waals surface area (Å²) in [7, 11) is 0. The third-order valence-electron chi connectivity index (χ3n) is 4.08. The van der Waals surface area contributed by atoms with Crippen LogP contribution >= 0.6 is 37.2 Å². The first-order valence-corrected chi connectivity index (χ1v) is 10.2. The summed E-state index contributed by atoms with van der Waals surface area (Å²) in [5, 5.41) is 27.7. The molecule has 0 aliphatic rings. The first-order valence-electron chi connectivity index (χ1n) is 10.2. The Morgan fingerprint density at radius 2 is 1.32 bits per heavy atom. The number of carbonyl (C=O) groups is 2. The zero-order chi connectivity index (χ0) is 21.0. The summed E-state index contributed by atoms with van der Waals surface area (Å²) in [4.78, 5) is 23.5. The summed E-state index contributed by atoms with van der Waals surface area (Å²) in [6.45, 7) is 3.57. The molecule has 10 nitrogen and oxygen atoms in total. The van der Waals surface area contributed by atoms with Crippen LogP contribution in [0.2, 0.25) is 0 Å². The number of unbranched alkanes of at least 4 members (excludes halogenated alkanes) is 5. The molecule has 0 aliphatic heterocycles. The number of guanidine groups is 1. The predicted octanol–water partition coefficient (Wildman–Crippen LogP) is 0.345. The molecule has 1 unspecified atom stereocenters. The predicted molar refractivity (Wildman–Crippen MR) is 132 cm³/mol. The standard InChI is InChI=1S/C18H39N7O3.3ClH/c19-10-8-12-22-11-6-7-13-23-16(27)17(28)25-15(26)9-4-2-1-3-5-14-24-18(20)21;;;/h17,22,28H,1-14,19H2,(H,23,27)(H,25,26)(H4,20,21,24);3*1H. The fourth-order valence-corrected chi connectivity index (χ4v) is 2.49. The van der Waals surface area contributed by atoms with E-state index in [2.05, 4.69) is 21.3 Å². The molecule has 0 spiro atoms. The van der Waals surface area contributed by atoms with Gasteiger partial charge in [-0.25, -0.2) is 0 Å². The molecular weight excluding hydrogens is 469 g/mol. The molecule has 0 aliphatic carbocycles. The number of aliphatic hydroxyl groups excluding tert-OH is 1. The minimum absolute atomic E-state index is 0. The Kier molecular flexibility index (Phi) is 32.5. The van der Waals surface area contributed by atoms with Gasteiger partial charge in [0.2, 0.25) is 12.1 Å². The largest absolute Gasteiger partial charge is 0.370 e. The van der Waals surface area contributed by atoms with Gasteiger partial charge in [-0.15, -0.1) is 37.2 Å². The van der Waals surface area contributed by atoms with E-state index >= 15 is 0 Å². The van der Waals surface area contributed by atoms with Crippen molar-refractivity contribution in [2.75, 3.05) is 32.7 Å². The Hall–Kier alpha value is -1.04. The normalized spacial score (nSPS) is 10.5. The first-order chi connectivity index (χ1) is 13.5. The summed E-state index contributed by atoms with van der Waals surface area (Å²) < 4.78 is 0. The van der Waals surface area contributed by atoms with Crippen LogP contribution < -0.4 is 32.7 Å². The molecule has 0 fully saturated rings. The van der Waals surface area contributed by atoms with E-state index in [9.17, 15) is 14.7 Å². The van der Waals surface area contributed by atoms with Crippen molar-refractivity contribution < 1.29 is 14.7 Å². The monoisotopic (exact) mass is 509 g/mol. The van der Waals surface area contributed by atoms with Gasteiger partial charge >= 0.3 is 0 Å². The first kappa shape index (κ1) is 37.3. The summed E-state index contributed by atoms with van der Waals surface area (Å²) >= 11 is 0. The summed E-state index contributed by atoms with van der Waals surface area (Å²) in [6.07, 6.45) is 5.94. The van der Waals surface area contributed by atoms with Gasteiger partial charge in [0.25, 0.3) is 5.91 Å². The lowest BCUT2D eigenvalue weighted by Gasteiger charge is -2.13. The van der Waals surface area contributed by atoms with Crippen molar-refractivity contribution >= 4 is 55.0 Å². The van der Waals surface area contributed by atoms with Gasteiger partial charge in [0.05, 0.1) is 0 Å². The second kappa shape index (κ2) is 27.0. The Balaban J connectivity index is -0.00000121. The van der Waals surface area contributed by atoms with Crippen molar-refractivity contribution in [3.8, 4) is 0 Å². The third kappa shape index (κ3) is 26.9. The van der Waals surface area contributed by atoms with Crippen molar-refractivity contribution in [2.24, 2.45) is 11.5 Å². The van der Waals surface area contributed by atoms with E-state index < -0.39 is 12.1 Å². The Labute approximate surface area is 204 Å². The van der Waals surface area contributed by atoms with E-state index in [4.69, 9.17) is 16.9 Å². The van der Waals surface area contributed by atoms with Crippen molar-refractivity contribution in [2.45, 2.75) is 64.0 Å². The molecule has 0 aromatic heterocycles. The lowest BCUT2D eigenvalue weighted by molar-refractivity contribution is -0.136. The molecule has 31 heavy (non-hydrogen) atoms. The van der Waals surface area contributed by atoms with Crippen LogP contribution in [-0.2, 0) is 9.59 Å². The van der Waals surface area contributed by atoms with E-state index in [1.54, 1.807) is 0 Å². The van der Waals surface area contributed by atoms with Gasteiger partial charge in [0, 0.05) is 19.5 Å². The van der Waals surface area contributed by atoms with Gasteiger partial charge in [-0.2, -0.15) is 0 Å². The second-order valence-corrected chi connectivity index (χ2v) is 6.72. The quantitative estimate of drug-likeness (QED) is 0.0567. The lowest BCUT2D eigenvalue weighted by atomic mass is 10.1. The van der Waals surface area contributed by atoms with Gasteiger partial charge < -0.3 is 37.8 Å². The average molecular weight is 511 g/mol. The van der Waals surface area contributed by atoms with Crippen molar-refractivity contribution in [1.29, 1.82) is 5.41 Å². The highest BCUT2D eigenvalue weighted by atomic mass is 35.5. The Bertz CT molecular complexity index is 450. The molecule has 188 valence electrons. The zero-order valence-corrected chi connectivity index (χ0v) is 20.6. The smallest absolute Gasteiger partial charge is 0.269 e. The van der Waals surface area contributed by atoms with Gasteiger partial charge in [0.15, 0.2) is 5.96 Å². The molecule has 0 bridgehead atoms. The molecule has 0 aromatic carbocycles. The maximum atomic E-state index is 11.8. The second-order valence-electron chi connectivity index (χ2n) is 6.72. The highest BCUT2D eigenvalue weighted by Crippen LogP contribution is 2.05. The number of hydrogen-bond donors (Lipinski definition) is 8. The molecule has 13 heteroatoms. The van der Waals surface area contributed by atoms with Crippen LogP contribution in [0, 0.1) is 5.41 Å². The van der Waals surface area contributed by atoms with E-state index in [-0.39, 0.29) is 55.5 Å². The van der Waals surface area contributed by atoms with Crippen LogP contribution in [0.25, 0.3) is 0 Å². The van der Waals surface area contributed by atoms with E-state index in [1.165, 1.54) is 0 Å². The van der Waals surface area contributed by atoms with Gasteiger partial charge in [-0.1, -0.05) is 19.3 Å². The third-order valence-corrected chi connectivity index (χ3v) is 4.08. The molecule has 0 saturated carbocycles. The Morgan fingerprint density at radius 3 is 1.97 bits per heavy atom. The average Bonchev–Trinajstić information content (AvgIpc) is 2.65. The maximum absolute atomic E-state index is 11.8. The summed E-state index contributed by atoms with van der Waals surface area (Å²) in [6, 6.07) is 0. The van der Waals surface area contributed by atoms with Crippen LogP contribution in [0.1, 0.15) is 57.8 Å². The molecule has 10 N–H and O–H groups in total. The van der Waals surface area contributed by atoms with E-state index in [0.717, 1.165) is 58.0 Å². The summed E-state index contributed by atoms with van der Waals surface area (Å²) in [5.41, 5.74) is 10.6. The van der Waals surface area contributed by atoms with E-state index in [1.807, 2.05) is 0 Å². The minimum atomic E-state index is -1.51. The molecule has 0 heterocycles. The number of amides is 2. The number of rotatable bonds is 18. The van der Waals surface area contributed by atoms with Crippen LogP contribution in [0.15, 0.2) is 0 Å². The van der Waals surface area contributed by atoms with Gasteiger partial charge in [-0.05, 0) is 51.7 Å². The SMILES string of the molecule is Cl.Cl.Cl.N=C(N)NCCCCCCCC(=O)NC(O)C(=O)NCCCCNCCCN. The zero-order valence-electron chi connectivity index (χ0n) is 18.1. The number of carbonyl (C=O) groups excluding carboxylic acids is 2. The lowest BCUT2D eigenvalue weighted by Crippen LogP contribution is -2.46. The fourth-order valence-electron chi connectivity index (χ4n) is 2.49. The topological polar surface area (TPSA) is 178 Å². The molecule has 0 rings (SSSR count). The van der Waals surface area contributed by atoms with Crippen LogP contribution in [0.3, 0.4) is 0 Å². The number of hydrogen-bond acceptors (Lipinski definition) is 6. The van der Waals surface area contributed by atoms with Crippen LogP contribution in [0.4, 0.5) is 0 Å². The van der Waals surface area contributed by atoms with Crippen LogP contribution in [-0.4, -0.2) is 61.8 Å². The highest BCUT2D eigenvalue weighted by molar-refractivity contribution is 5.86. The molecule has 0 radical (unpaired) electrons. The maximum Gasteiger partial charge on any atom is 0.269 e. The molecule has 0 aromatic rings. The fraction of sp³-hybridized carbons (Fsp3) is 0.833. The van der Waals surface area contributed by atoms with Gasteiger partial charge in [0.1, 0.15) is 0 Å².